The van der Waals surface area contributed by atoms with Crippen molar-refractivity contribution in [2.24, 2.45) is 5.73 Å². The minimum absolute atomic E-state index is 0.120. The molecule has 3 aromatic rings. The molecule has 12 nitrogen and oxygen atoms in total. The van der Waals surface area contributed by atoms with Crippen LogP contribution in [0, 0.1) is 13.8 Å². The van der Waals surface area contributed by atoms with Crippen LogP contribution in [0.1, 0.15) is 44.2 Å². The van der Waals surface area contributed by atoms with Crippen molar-refractivity contribution in [1.29, 1.82) is 0 Å². The van der Waals surface area contributed by atoms with Crippen LogP contribution in [-0.4, -0.2) is 63.6 Å². The minimum atomic E-state index is -0.601. The predicted octanol–water partition coefficient (Wildman–Crippen LogP) is 0.132. The fraction of sp³-hybridized carbons (Fsp3) is 0.400. The molecule has 13 heteroatoms. The number of morpholine rings is 1. The third-order valence-electron chi connectivity index (χ3n) is 5.40. The Morgan fingerprint density at radius 2 is 1.94 bits per heavy atom. The van der Waals surface area contributed by atoms with Gasteiger partial charge in [0, 0.05) is 36.3 Å². The maximum atomic E-state index is 12.3. The highest BCUT2D eigenvalue weighted by molar-refractivity contribution is 7.13. The summed E-state index contributed by atoms with van der Waals surface area (Å²) >= 11 is 1.38. The summed E-state index contributed by atoms with van der Waals surface area (Å²) in [6.45, 7) is 6.35. The van der Waals surface area contributed by atoms with E-state index in [9.17, 15) is 14.4 Å². The molecule has 1 aliphatic rings. The van der Waals surface area contributed by atoms with Crippen LogP contribution < -0.4 is 21.5 Å². The Balaban J connectivity index is 1.33. The van der Waals surface area contributed by atoms with Crippen LogP contribution in [0.4, 0.5) is 5.13 Å². The Kier molecular flexibility index (Phi) is 6.51. The average molecular weight is 473 g/mol. The van der Waals surface area contributed by atoms with Crippen LogP contribution in [0.5, 0.6) is 0 Å². The van der Waals surface area contributed by atoms with Crippen molar-refractivity contribution in [2.75, 3.05) is 31.2 Å². The zero-order valence-corrected chi connectivity index (χ0v) is 19.1. The molecule has 0 spiro atoms. The molecule has 0 saturated carbocycles. The summed E-state index contributed by atoms with van der Waals surface area (Å²) in [6, 6.07) is 0. The van der Waals surface area contributed by atoms with Crippen molar-refractivity contribution in [2.45, 2.75) is 26.7 Å². The second-order valence-electron chi connectivity index (χ2n) is 7.54. The Morgan fingerprint density at radius 3 is 2.67 bits per heavy atom. The van der Waals surface area contributed by atoms with Crippen molar-refractivity contribution in [1.82, 2.24) is 30.4 Å². The Hall–Kier alpha value is -3.58. The molecule has 0 aromatic carbocycles. The molecule has 3 aromatic heterocycles. The molecule has 1 saturated heterocycles. The summed E-state index contributed by atoms with van der Waals surface area (Å²) in [5.74, 6) is -1.44. The summed E-state index contributed by atoms with van der Waals surface area (Å²) in [5, 5.41) is 6.59. The molecule has 4 rings (SSSR count). The van der Waals surface area contributed by atoms with E-state index in [1.165, 1.54) is 22.0 Å². The third-order valence-corrected chi connectivity index (χ3v) is 6.30. The van der Waals surface area contributed by atoms with Gasteiger partial charge in [-0.25, -0.2) is 14.5 Å². The van der Waals surface area contributed by atoms with E-state index in [2.05, 4.69) is 30.8 Å². The molecule has 0 unspecified atom stereocenters. The van der Waals surface area contributed by atoms with Gasteiger partial charge < -0.3 is 15.4 Å². The molecule has 1 fully saturated rings. The fourth-order valence-electron chi connectivity index (χ4n) is 3.61. The van der Waals surface area contributed by atoms with Gasteiger partial charge >= 0.3 is 0 Å². The van der Waals surface area contributed by atoms with Crippen LogP contribution >= 0.6 is 11.3 Å². The van der Waals surface area contributed by atoms with Crippen LogP contribution in [0.3, 0.4) is 0 Å². The summed E-state index contributed by atoms with van der Waals surface area (Å²) in [4.78, 5) is 47.0. The van der Waals surface area contributed by atoms with Gasteiger partial charge in [-0.2, -0.15) is 5.10 Å². The molecule has 3 amide bonds. The van der Waals surface area contributed by atoms with Crippen LogP contribution in [0.15, 0.2) is 11.6 Å². The number of nitrogens with one attached hydrogen (secondary N) is 2. The van der Waals surface area contributed by atoms with E-state index in [4.69, 9.17) is 10.5 Å². The maximum absolute atomic E-state index is 12.3. The number of hydrogen-bond donors (Lipinski definition) is 3. The number of aryl methyl sites for hydroxylation is 2. The van der Waals surface area contributed by atoms with E-state index in [1.54, 1.807) is 12.3 Å². The van der Waals surface area contributed by atoms with Crippen molar-refractivity contribution < 1.29 is 19.1 Å². The number of thiazole rings is 1. The fourth-order valence-corrected chi connectivity index (χ4v) is 4.47. The standard InChI is InChI=1S/C20H24N8O4S/c1-11-13(12(2)28-18(23-11)14(9-22-28)17(21)30)3-4-16(29)25-26-19(31)15-10-33-20(24-15)27-5-7-32-8-6-27/h9-10H,3-8H2,1-2H3,(H2,21,30)(H,25,29)(H,26,31). The van der Waals surface area contributed by atoms with Gasteiger partial charge in [-0.3, -0.25) is 25.2 Å². The first kappa shape index (κ1) is 22.6. The summed E-state index contributed by atoms with van der Waals surface area (Å²) in [6.07, 6.45) is 1.88. The number of carbonyl (C=O) groups excluding carboxylic acids is 3. The van der Waals surface area contributed by atoms with Crippen LogP contribution in [0.25, 0.3) is 5.65 Å². The van der Waals surface area contributed by atoms with Gasteiger partial charge in [-0.05, 0) is 25.8 Å². The number of primary amides is 1. The smallest absolute Gasteiger partial charge is 0.289 e. The molecule has 0 atom stereocenters. The molecule has 33 heavy (non-hydrogen) atoms. The highest BCUT2D eigenvalue weighted by atomic mass is 32.1. The number of anilines is 1. The second-order valence-corrected chi connectivity index (χ2v) is 8.37. The summed E-state index contributed by atoms with van der Waals surface area (Å²) < 4.78 is 6.86. The zero-order chi connectivity index (χ0) is 23.5. The van der Waals surface area contributed by atoms with Crippen molar-refractivity contribution >= 4 is 39.8 Å². The van der Waals surface area contributed by atoms with Gasteiger partial charge in [0.15, 0.2) is 10.8 Å². The largest absolute Gasteiger partial charge is 0.378 e. The number of nitrogens with zero attached hydrogens (tertiary/aromatic N) is 5. The molecular formula is C20H24N8O4S. The topological polar surface area (TPSA) is 157 Å². The lowest BCUT2D eigenvalue weighted by Gasteiger charge is -2.25. The third kappa shape index (κ3) is 4.78. The molecule has 0 bridgehead atoms. The highest BCUT2D eigenvalue weighted by Gasteiger charge is 2.19. The first-order valence-electron chi connectivity index (χ1n) is 10.4. The maximum Gasteiger partial charge on any atom is 0.289 e. The van der Waals surface area contributed by atoms with Crippen molar-refractivity contribution in [3.63, 3.8) is 0 Å². The summed E-state index contributed by atoms with van der Waals surface area (Å²) in [7, 11) is 0. The van der Waals surface area contributed by atoms with Gasteiger partial charge in [0.1, 0.15) is 11.3 Å². The zero-order valence-electron chi connectivity index (χ0n) is 18.3. The first-order valence-corrected chi connectivity index (χ1v) is 11.2. The number of ether oxygens (including phenoxy) is 1. The number of fused-ring (bicyclic) bond motifs is 1. The number of amides is 3. The SMILES string of the molecule is Cc1nc2c(C(N)=O)cnn2c(C)c1CCC(=O)NNC(=O)c1csc(N2CCOCC2)n1. The van der Waals surface area contributed by atoms with E-state index in [0.717, 1.165) is 29.5 Å². The number of carbonyl (C=O) groups is 3. The lowest BCUT2D eigenvalue weighted by molar-refractivity contribution is -0.121. The van der Waals surface area contributed by atoms with Gasteiger partial charge in [-0.15, -0.1) is 11.3 Å². The van der Waals surface area contributed by atoms with Crippen LogP contribution in [-0.2, 0) is 16.0 Å². The van der Waals surface area contributed by atoms with Crippen molar-refractivity contribution in [3.8, 4) is 0 Å². The quantitative estimate of drug-likeness (QED) is 0.427. The highest BCUT2D eigenvalue weighted by Crippen LogP contribution is 2.21. The van der Waals surface area contributed by atoms with E-state index >= 15 is 0 Å². The number of aromatic nitrogens is 4. The molecule has 1 aliphatic heterocycles. The average Bonchev–Trinajstić information content (AvgIpc) is 3.46. The molecule has 0 aliphatic carbocycles. The predicted molar refractivity (Wildman–Crippen MR) is 120 cm³/mol. The van der Waals surface area contributed by atoms with Crippen molar-refractivity contribution in [3.05, 3.63) is 39.8 Å². The van der Waals surface area contributed by atoms with E-state index in [0.29, 0.717) is 31.0 Å². The second kappa shape index (κ2) is 9.50. The van der Waals surface area contributed by atoms with Gasteiger partial charge in [0.05, 0.1) is 19.4 Å². The van der Waals surface area contributed by atoms with E-state index in [1.807, 2.05) is 6.92 Å². The molecule has 0 radical (unpaired) electrons. The Morgan fingerprint density at radius 1 is 1.18 bits per heavy atom. The monoisotopic (exact) mass is 472 g/mol. The first-order chi connectivity index (χ1) is 15.8. The molecule has 4 heterocycles. The molecule has 174 valence electrons. The minimum Gasteiger partial charge on any atom is -0.378 e. The summed E-state index contributed by atoms with van der Waals surface area (Å²) in [5.41, 5.74) is 13.3. The number of nitrogens with two attached hydrogens (primary N) is 1. The number of hydrazine groups is 1. The lowest BCUT2D eigenvalue weighted by Crippen LogP contribution is -2.42. The normalized spacial score (nSPS) is 13.8. The van der Waals surface area contributed by atoms with Gasteiger partial charge in [-0.1, -0.05) is 0 Å². The van der Waals surface area contributed by atoms with E-state index in [-0.39, 0.29) is 23.6 Å². The van der Waals surface area contributed by atoms with Gasteiger partial charge in [0.25, 0.3) is 11.8 Å². The molecular weight excluding hydrogens is 448 g/mol. The number of rotatable bonds is 6. The Labute approximate surface area is 193 Å². The van der Waals surface area contributed by atoms with Gasteiger partial charge in [0.2, 0.25) is 5.91 Å². The number of hydrogen-bond acceptors (Lipinski definition) is 9. The Bertz CT molecular complexity index is 1210. The van der Waals surface area contributed by atoms with Crippen LogP contribution in [0.2, 0.25) is 0 Å². The molecule has 4 N–H and O–H groups in total. The lowest BCUT2D eigenvalue weighted by atomic mass is 10.1. The van der Waals surface area contributed by atoms with E-state index < -0.39 is 11.8 Å².